The van der Waals surface area contributed by atoms with Gasteiger partial charge < -0.3 is 9.57 Å². The van der Waals surface area contributed by atoms with Crippen LogP contribution < -0.4 is 0 Å². The quantitative estimate of drug-likeness (QED) is 0.801. The number of benzene rings is 1. The number of ether oxygens (including phenoxy) is 1. The molecule has 0 spiro atoms. The number of hydrogen-bond donors (Lipinski definition) is 0. The molecule has 1 aliphatic heterocycles. The molecule has 5 heteroatoms. The Morgan fingerprint density at radius 3 is 2.90 bits per heavy atom. The maximum atomic E-state index is 13.8. The van der Waals surface area contributed by atoms with E-state index >= 15 is 0 Å². The molecule has 1 atom stereocenters. The van der Waals surface area contributed by atoms with Gasteiger partial charge in [-0.15, -0.1) is 0 Å². The molecule has 1 unspecified atom stereocenters. The predicted molar refractivity (Wildman–Crippen MR) is 75.7 cm³/mol. The summed E-state index contributed by atoms with van der Waals surface area (Å²) in [5, 5.41) is 3.97. The van der Waals surface area contributed by atoms with Crippen molar-refractivity contribution in [3.8, 4) is 0 Å². The van der Waals surface area contributed by atoms with E-state index in [-0.39, 0.29) is 5.82 Å². The van der Waals surface area contributed by atoms with E-state index in [4.69, 9.17) is 9.57 Å². The van der Waals surface area contributed by atoms with E-state index in [1.165, 1.54) is 6.07 Å². The second kappa shape index (κ2) is 5.13. The molecule has 1 aliphatic carbocycles. The van der Waals surface area contributed by atoms with E-state index in [1.54, 1.807) is 19.9 Å². The highest BCUT2D eigenvalue weighted by Gasteiger charge is 2.43. The third kappa shape index (κ3) is 2.77. The van der Waals surface area contributed by atoms with Crippen molar-refractivity contribution in [1.29, 1.82) is 0 Å². The van der Waals surface area contributed by atoms with Crippen LogP contribution in [0.4, 0.5) is 4.39 Å². The lowest BCUT2D eigenvalue weighted by molar-refractivity contribution is -0.166. The van der Waals surface area contributed by atoms with Crippen molar-refractivity contribution in [1.82, 2.24) is 0 Å². The molecule has 0 bridgehead atoms. The summed E-state index contributed by atoms with van der Waals surface area (Å²) in [5.74, 6) is -0.261. The molecular weight excluding hydrogens is 273 g/mol. The van der Waals surface area contributed by atoms with Gasteiger partial charge in [0.1, 0.15) is 5.82 Å². The van der Waals surface area contributed by atoms with Gasteiger partial charge in [0, 0.05) is 12.0 Å². The zero-order valence-electron chi connectivity index (χ0n) is 12.2. The summed E-state index contributed by atoms with van der Waals surface area (Å²) in [6.45, 7) is 3.67. The fourth-order valence-corrected chi connectivity index (χ4v) is 2.52. The number of nitrogens with zero attached hydrogens (tertiary/aromatic N) is 1. The number of carbonyl (C=O) groups excluding carboxylic acids is 1. The van der Waals surface area contributed by atoms with Crippen LogP contribution in [0.5, 0.6) is 0 Å². The summed E-state index contributed by atoms with van der Waals surface area (Å²) in [7, 11) is 0. The van der Waals surface area contributed by atoms with E-state index in [1.807, 2.05) is 6.07 Å². The SMILES string of the molecule is CCOC(=O)C1(C)CC(c2cc(F)cc(C3CC3)c2)=NO1. The number of oxime groups is 1. The van der Waals surface area contributed by atoms with Gasteiger partial charge in [-0.25, -0.2) is 9.18 Å². The van der Waals surface area contributed by atoms with Crippen molar-refractivity contribution in [2.75, 3.05) is 6.61 Å². The highest BCUT2D eigenvalue weighted by Crippen LogP contribution is 2.41. The molecule has 0 N–H and O–H groups in total. The molecule has 112 valence electrons. The topological polar surface area (TPSA) is 47.9 Å². The van der Waals surface area contributed by atoms with Gasteiger partial charge >= 0.3 is 5.97 Å². The molecule has 1 heterocycles. The second-order valence-electron chi connectivity index (χ2n) is 5.80. The van der Waals surface area contributed by atoms with Crippen molar-refractivity contribution in [2.45, 2.75) is 44.6 Å². The molecule has 2 aliphatic rings. The van der Waals surface area contributed by atoms with Gasteiger partial charge in [0.15, 0.2) is 0 Å². The Hall–Kier alpha value is -1.91. The summed E-state index contributed by atoms with van der Waals surface area (Å²) in [6, 6.07) is 4.95. The first-order valence-electron chi connectivity index (χ1n) is 7.25. The number of rotatable bonds is 4. The average Bonchev–Trinajstić information content (AvgIpc) is 3.21. The summed E-state index contributed by atoms with van der Waals surface area (Å²) < 4.78 is 18.8. The molecule has 0 amide bonds. The molecule has 1 fully saturated rings. The molecule has 1 aromatic rings. The van der Waals surface area contributed by atoms with Crippen molar-refractivity contribution >= 4 is 11.7 Å². The summed E-state index contributed by atoms with van der Waals surface area (Å²) in [4.78, 5) is 17.2. The number of hydrogen-bond acceptors (Lipinski definition) is 4. The highest BCUT2D eigenvalue weighted by atomic mass is 19.1. The lowest BCUT2D eigenvalue weighted by Crippen LogP contribution is -2.37. The minimum atomic E-state index is -1.11. The standard InChI is InChI=1S/C16H18FNO3/c1-3-20-15(19)16(2)9-14(18-21-16)12-6-11(10-4-5-10)7-13(17)8-12/h6-8,10H,3-5,9H2,1-2H3. The highest BCUT2D eigenvalue weighted by molar-refractivity contribution is 6.04. The molecule has 3 rings (SSSR count). The van der Waals surface area contributed by atoms with Crippen LogP contribution in [0.1, 0.15) is 50.2 Å². The molecule has 0 radical (unpaired) electrons. The van der Waals surface area contributed by atoms with Crippen LogP contribution in [0.25, 0.3) is 0 Å². The molecule has 4 nitrogen and oxygen atoms in total. The van der Waals surface area contributed by atoms with E-state index in [0.717, 1.165) is 18.4 Å². The Morgan fingerprint density at radius 2 is 2.24 bits per heavy atom. The maximum absolute atomic E-state index is 13.8. The first-order chi connectivity index (χ1) is 10.0. The van der Waals surface area contributed by atoms with Crippen molar-refractivity contribution in [2.24, 2.45) is 5.16 Å². The summed E-state index contributed by atoms with van der Waals surface area (Å²) in [6.07, 6.45) is 2.50. The molecule has 1 aromatic carbocycles. The van der Waals surface area contributed by atoms with Gasteiger partial charge in [-0.1, -0.05) is 5.16 Å². The molecule has 21 heavy (non-hydrogen) atoms. The smallest absolute Gasteiger partial charge is 0.353 e. The van der Waals surface area contributed by atoms with Crippen molar-refractivity contribution in [3.05, 3.63) is 35.1 Å². The second-order valence-corrected chi connectivity index (χ2v) is 5.80. The fourth-order valence-electron chi connectivity index (χ4n) is 2.52. The minimum Gasteiger partial charge on any atom is -0.463 e. The number of carbonyl (C=O) groups is 1. The van der Waals surface area contributed by atoms with Crippen molar-refractivity contribution in [3.63, 3.8) is 0 Å². The Labute approximate surface area is 122 Å². The predicted octanol–water partition coefficient (Wildman–Crippen LogP) is 3.15. The largest absolute Gasteiger partial charge is 0.463 e. The van der Waals surface area contributed by atoms with Gasteiger partial charge in [0.25, 0.3) is 0 Å². The zero-order valence-corrected chi connectivity index (χ0v) is 12.2. The van der Waals surface area contributed by atoms with Crippen LogP contribution in [-0.4, -0.2) is 23.9 Å². The van der Waals surface area contributed by atoms with Crippen LogP contribution in [0, 0.1) is 5.82 Å². The van der Waals surface area contributed by atoms with Gasteiger partial charge in [0.05, 0.1) is 12.3 Å². The molecular formula is C16H18FNO3. The Bertz CT molecular complexity index is 610. The van der Waals surface area contributed by atoms with E-state index in [9.17, 15) is 9.18 Å². The van der Waals surface area contributed by atoms with Gasteiger partial charge in [-0.2, -0.15) is 0 Å². The normalized spacial score (nSPS) is 24.4. The van der Waals surface area contributed by atoms with Crippen LogP contribution in [-0.2, 0) is 14.4 Å². The van der Waals surface area contributed by atoms with Gasteiger partial charge in [-0.05, 0) is 56.4 Å². The molecule has 1 saturated carbocycles. The lowest BCUT2D eigenvalue weighted by atomic mass is 9.94. The Balaban J connectivity index is 1.81. The van der Waals surface area contributed by atoms with Gasteiger partial charge in [0.2, 0.25) is 5.60 Å². The monoisotopic (exact) mass is 291 g/mol. The van der Waals surface area contributed by atoms with Crippen LogP contribution >= 0.6 is 0 Å². The van der Waals surface area contributed by atoms with Crippen LogP contribution in [0.2, 0.25) is 0 Å². The lowest BCUT2D eigenvalue weighted by Gasteiger charge is -2.18. The first kappa shape index (κ1) is 14.0. The third-order valence-corrected chi connectivity index (χ3v) is 3.87. The maximum Gasteiger partial charge on any atom is 0.353 e. The van der Waals surface area contributed by atoms with Gasteiger partial charge in [-0.3, -0.25) is 0 Å². The summed E-state index contributed by atoms with van der Waals surface area (Å²) in [5.41, 5.74) is 1.16. The third-order valence-electron chi connectivity index (χ3n) is 3.87. The average molecular weight is 291 g/mol. The fraction of sp³-hybridized carbons (Fsp3) is 0.500. The zero-order chi connectivity index (χ0) is 15.0. The Kier molecular flexibility index (Phi) is 3.43. The Morgan fingerprint density at radius 1 is 1.48 bits per heavy atom. The van der Waals surface area contributed by atoms with E-state index in [0.29, 0.717) is 30.2 Å². The van der Waals surface area contributed by atoms with Crippen LogP contribution in [0.3, 0.4) is 0 Å². The van der Waals surface area contributed by atoms with Crippen molar-refractivity contribution < 1.29 is 18.8 Å². The molecule has 0 aromatic heterocycles. The first-order valence-corrected chi connectivity index (χ1v) is 7.25. The minimum absolute atomic E-state index is 0.276. The van der Waals surface area contributed by atoms with E-state index < -0.39 is 11.6 Å². The van der Waals surface area contributed by atoms with Crippen LogP contribution in [0.15, 0.2) is 23.4 Å². The summed E-state index contributed by atoms with van der Waals surface area (Å²) >= 11 is 0. The number of halogens is 1. The number of esters is 1. The molecule has 0 saturated heterocycles. The van der Waals surface area contributed by atoms with E-state index in [2.05, 4.69) is 5.16 Å².